The van der Waals surface area contributed by atoms with Gasteiger partial charge in [-0.3, -0.25) is 9.59 Å². The van der Waals surface area contributed by atoms with E-state index in [0.29, 0.717) is 24.3 Å². The number of aliphatic carboxylic acids is 1. The number of thiazole rings is 1. The molecule has 2 aromatic rings. The van der Waals surface area contributed by atoms with E-state index in [1.54, 1.807) is 18.7 Å². The summed E-state index contributed by atoms with van der Waals surface area (Å²) >= 11 is 3.05. The normalized spacial score (nSPS) is 24.2. The fourth-order valence-electron chi connectivity index (χ4n) is 4.43. The van der Waals surface area contributed by atoms with Crippen molar-refractivity contribution in [3.05, 3.63) is 23.1 Å². The SMILES string of the molecule is C[C@@H](O)[C@H]1C(=O)N2C(C(=O)[O-])=C(c3c[n+]4cn(C)c(SCCNC=O)c4s3)[C@H](C)[C@H]12. The van der Waals surface area contributed by atoms with Crippen LogP contribution in [0.25, 0.3) is 10.4 Å². The third kappa shape index (κ3) is 3.03. The first kappa shape index (κ1) is 20.9. The van der Waals surface area contributed by atoms with Crippen molar-refractivity contribution in [3.63, 3.8) is 0 Å². The van der Waals surface area contributed by atoms with E-state index in [-0.39, 0.29) is 23.6 Å². The second-order valence-corrected chi connectivity index (χ2v) is 9.68. The zero-order valence-electron chi connectivity index (χ0n) is 16.7. The number of carbonyl (C=O) groups is 3. The number of thioether (sulfide) groups is 1. The Kier molecular flexibility index (Phi) is 5.37. The van der Waals surface area contributed by atoms with Crippen LogP contribution in [-0.4, -0.2) is 57.3 Å². The molecule has 0 unspecified atom stereocenters. The number of hydrogen-bond acceptors (Lipinski definition) is 7. The van der Waals surface area contributed by atoms with E-state index in [4.69, 9.17) is 0 Å². The van der Waals surface area contributed by atoms with E-state index in [2.05, 4.69) is 5.32 Å². The molecule has 2 aliphatic rings. The Morgan fingerprint density at radius 3 is 2.90 bits per heavy atom. The van der Waals surface area contributed by atoms with Gasteiger partial charge in [-0.15, -0.1) is 0 Å². The molecule has 1 fully saturated rings. The number of carboxylic acids is 1. The smallest absolute Gasteiger partial charge is 0.250 e. The summed E-state index contributed by atoms with van der Waals surface area (Å²) in [4.78, 5) is 37.9. The highest BCUT2D eigenvalue weighted by Gasteiger charge is 2.59. The number of amides is 2. The van der Waals surface area contributed by atoms with Crippen LogP contribution in [0.5, 0.6) is 0 Å². The number of β-lactam (4-membered cyclic amide) rings is 1. The van der Waals surface area contributed by atoms with Crippen molar-refractivity contribution >= 4 is 51.8 Å². The van der Waals surface area contributed by atoms with Crippen LogP contribution in [-0.2, 0) is 21.4 Å². The monoisotopic (exact) mass is 450 g/mol. The number of aliphatic hydroxyl groups is 1. The van der Waals surface area contributed by atoms with Crippen LogP contribution in [0.4, 0.5) is 0 Å². The highest BCUT2D eigenvalue weighted by atomic mass is 32.2. The minimum absolute atomic E-state index is 0.0901. The summed E-state index contributed by atoms with van der Waals surface area (Å²) in [7, 11) is 1.93. The topological polar surface area (TPSA) is 119 Å². The summed E-state index contributed by atoms with van der Waals surface area (Å²) in [5.41, 5.74) is 0.485. The van der Waals surface area contributed by atoms with Crippen molar-refractivity contribution in [2.24, 2.45) is 18.9 Å². The van der Waals surface area contributed by atoms with Gasteiger partial charge in [0.15, 0.2) is 0 Å². The molecule has 4 rings (SSSR count). The fourth-order valence-corrected chi connectivity index (χ4v) is 6.83. The van der Waals surface area contributed by atoms with Gasteiger partial charge in [0.05, 0.1) is 41.7 Å². The van der Waals surface area contributed by atoms with Crippen molar-refractivity contribution in [3.8, 4) is 0 Å². The van der Waals surface area contributed by atoms with Gasteiger partial charge in [0.2, 0.25) is 28.5 Å². The summed E-state index contributed by atoms with van der Waals surface area (Å²) in [5.74, 6) is -1.89. The largest absolute Gasteiger partial charge is 0.543 e. The minimum Gasteiger partial charge on any atom is -0.543 e. The Labute approximate surface area is 181 Å². The van der Waals surface area contributed by atoms with Gasteiger partial charge < -0.3 is 25.2 Å². The number of rotatable bonds is 8. The molecule has 4 heterocycles. The quantitative estimate of drug-likeness (QED) is 0.175. The summed E-state index contributed by atoms with van der Waals surface area (Å²) in [5, 5.41) is 25.6. The summed E-state index contributed by atoms with van der Waals surface area (Å²) in [6.07, 6.45) is 3.60. The number of carbonyl (C=O) groups excluding carboxylic acids is 3. The highest BCUT2D eigenvalue weighted by molar-refractivity contribution is 7.99. The molecule has 0 saturated carbocycles. The van der Waals surface area contributed by atoms with Crippen LogP contribution in [0.15, 0.2) is 23.2 Å². The minimum atomic E-state index is -1.38. The molecule has 2 aliphatic heterocycles. The molecule has 0 radical (unpaired) electrons. The number of aryl methyl sites for hydroxylation is 1. The number of nitrogens with one attached hydrogen (secondary N) is 1. The van der Waals surface area contributed by atoms with E-state index in [1.807, 2.05) is 35.5 Å². The molecule has 0 spiro atoms. The number of aliphatic hydroxyl groups excluding tert-OH is 1. The highest BCUT2D eigenvalue weighted by Crippen LogP contribution is 2.51. The second-order valence-electron chi connectivity index (χ2n) is 7.56. The van der Waals surface area contributed by atoms with Crippen LogP contribution >= 0.6 is 23.1 Å². The maximum absolute atomic E-state index is 12.5. The van der Waals surface area contributed by atoms with Gasteiger partial charge >= 0.3 is 0 Å². The van der Waals surface area contributed by atoms with E-state index < -0.39 is 18.0 Å². The standard InChI is InChI=1S/C19H22N4O5S2/c1-9-12(15(19(27)28)23-14(9)13(10(2)25)16(23)26)11-6-22-8-21(3)17(18(22)30-11)29-5-4-20-7-24/h6-10,13-14,25H,4-5H2,1-3H3,(H-,20,24,27,28)/t9-,10+,13+,14+/m0/s1. The van der Waals surface area contributed by atoms with Gasteiger partial charge in [0, 0.05) is 23.8 Å². The van der Waals surface area contributed by atoms with Crippen molar-refractivity contribution in [2.45, 2.75) is 31.0 Å². The van der Waals surface area contributed by atoms with Gasteiger partial charge in [0.25, 0.3) is 0 Å². The Bertz CT molecular complexity index is 1070. The molecule has 1 saturated heterocycles. The first-order valence-corrected chi connectivity index (χ1v) is 11.3. The lowest BCUT2D eigenvalue weighted by molar-refractivity contribution is -0.508. The van der Waals surface area contributed by atoms with Gasteiger partial charge in [-0.2, -0.15) is 4.40 Å². The number of fused-ring (bicyclic) bond motifs is 2. The Morgan fingerprint density at radius 1 is 1.53 bits per heavy atom. The van der Waals surface area contributed by atoms with Crippen LogP contribution in [0.2, 0.25) is 0 Å². The molecule has 160 valence electrons. The lowest BCUT2D eigenvalue weighted by Gasteiger charge is -2.47. The average Bonchev–Trinajstić information content (AvgIpc) is 3.26. The first-order chi connectivity index (χ1) is 14.3. The van der Waals surface area contributed by atoms with Crippen LogP contribution in [0.1, 0.15) is 18.7 Å². The summed E-state index contributed by atoms with van der Waals surface area (Å²) in [6, 6.07) is -0.374. The molecule has 4 atom stereocenters. The Balaban J connectivity index is 1.72. The van der Waals surface area contributed by atoms with Crippen molar-refractivity contribution in [1.29, 1.82) is 0 Å². The molecule has 30 heavy (non-hydrogen) atoms. The fraction of sp³-hybridized carbons (Fsp3) is 0.474. The number of aromatic nitrogens is 2. The predicted molar refractivity (Wildman–Crippen MR) is 108 cm³/mol. The number of imidazole rings is 1. The van der Waals surface area contributed by atoms with Crippen molar-refractivity contribution in [1.82, 2.24) is 14.8 Å². The van der Waals surface area contributed by atoms with Crippen molar-refractivity contribution < 1.29 is 29.0 Å². The van der Waals surface area contributed by atoms with E-state index in [0.717, 1.165) is 14.7 Å². The third-order valence-electron chi connectivity index (χ3n) is 5.70. The zero-order valence-corrected chi connectivity index (χ0v) is 18.3. The number of hydrogen-bond donors (Lipinski definition) is 2. The lowest BCUT2D eigenvalue weighted by atomic mass is 9.77. The zero-order chi connectivity index (χ0) is 21.7. The number of nitrogens with zero attached hydrogens (tertiary/aromatic N) is 3. The third-order valence-corrected chi connectivity index (χ3v) is 8.13. The second kappa shape index (κ2) is 7.71. The molecule has 2 N–H and O–H groups in total. The molecule has 2 amide bonds. The maximum Gasteiger partial charge on any atom is 0.250 e. The predicted octanol–water partition coefficient (Wildman–Crippen LogP) is -1.02. The first-order valence-electron chi connectivity index (χ1n) is 9.54. The molecular formula is C19H22N4O5S2. The van der Waals surface area contributed by atoms with Crippen LogP contribution in [0.3, 0.4) is 0 Å². The lowest BCUT2D eigenvalue weighted by Crippen LogP contribution is -2.64. The molecule has 0 bridgehead atoms. The van der Waals surface area contributed by atoms with Gasteiger partial charge in [-0.25, -0.2) is 4.57 Å². The Hall–Kier alpha value is -2.37. The van der Waals surface area contributed by atoms with E-state index in [1.165, 1.54) is 16.2 Å². The van der Waals surface area contributed by atoms with Gasteiger partial charge in [-0.05, 0) is 6.92 Å². The van der Waals surface area contributed by atoms with Crippen LogP contribution in [0, 0.1) is 11.8 Å². The van der Waals surface area contributed by atoms with Crippen molar-refractivity contribution in [2.75, 3.05) is 12.3 Å². The van der Waals surface area contributed by atoms with Crippen LogP contribution < -0.4 is 14.8 Å². The van der Waals surface area contributed by atoms with E-state index >= 15 is 0 Å². The molecule has 0 aromatic carbocycles. The summed E-state index contributed by atoms with van der Waals surface area (Å²) in [6.45, 7) is 3.99. The average molecular weight is 451 g/mol. The molecule has 2 aromatic heterocycles. The van der Waals surface area contributed by atoms with E-state index in [9.17, 15) is 24.6 Å². The summed E-state index contributed by atoms with van der Waals surface area (Å²) < 4.78 is 3.92. The molecule has 9 nitrogen and oxygen atoms in total. The maximum atomic E-state index is 12.5. The molecule has 0 aliphatic carbocycles. The van der Waals surface area contributed by atoms with Gasteiger partial charge in [0.1, 0.15) is 6.20 Å². The number of carboxylic acid groups (broad SMARTS) is 1. The Morgan fingerprint density at radius 2 is 2.27 bits per heavy atom. The molecule has 11 heteroatoms. The molecular weight excluding hydrogens is 428 g/mol. The van der Waals surface area contributed by atoms with Gasteiger partial charge in [-0.1, -0.05) is 30.0 Å².